The Balaban J connectivity index is 1.82. The Bertz CT molecular complexity index is 1040. The second kappa shape index (κ2) is 9.40. The van der Waals surface area contributed by atoms with Gasteiger partial charge in [0.1, 0.15) is 10.6 Å². The lowest BCUT2D eigenvalue weighted by molar-refractivity contribution is -0.120. The standard InChI is InChI=1S/C24H32N2O4S/c1-16(2)19-8-9-22(30-5)23(14-19)31(28,29)26-10-6-7-20(15-26)24(27)25-21-12-17(3)11-18(4)13-21/h8-9,11-14,16,20H,6-7,10,15H2,1-5H3,(H,25,27)/t20-/m1/s1. The van der Waals surface area contributed by atoms with E-state index in [1.165, 1.54) is 11.4 Å². The number of carbonyl (C=O) groups excluding carboxylic acids is 1. The van der Waals surface area contributed by atoms with Crippen LogP contribution in [-0.4, -0.2) is 38.8 Å². The van der Waals surface area contributed by atoms with Gasteiger partial charge in [-0.1, -0.05) is 26.0 Å². The Morgan fingerprint density at radius 3 is 2.42 bits per heavy atom. The third-order valence-electron chi connectivity index (χ3n) is 5.72. The minimum absolute atomic E-state index is 0.146. The molecule has 7 heteroatoms. The van der Waals surface area contributed by atoms with Gasteiger partial charge in [0.15, 0.2) is 0 Å². The first-order chi connectivity index (χ1) is 14.6. The molecule has 31 heavy (non-hydrogen) atoms. The molecule has 2 aromatic rings. The number of rotatable bonds is 6. The Morgan fingerprint density at radius 1 is 1.13 bits per heavy atom. The van der Waals surface area contributed by atoms with E-state index in [0.29, 0.717) is 25.1 Å². The summed E-state index contributed by atoms with van der Waals surface area (Å²) in [6.45, 7) is 8.56. The van der Waals surface area contributed by atoms with Crippen molar-refractivity contribution in [3.05, 3.63) is 53.1 Å². The molecule has 6 nitrogen and oxygen atoms in total. The number of methoxy groups -OCH3 is 1. The van der Waals surface area contributed by atoms with Crippen LogP contribution in [0.15, 0.2) is 41.3 Å². The first kappa shape index (κ1) is 23.3. The maximum Gasteiger partial charge on any atom is 0.246 e. The molecule has 0 aliphatic carbocycles. The molecule has 0 bridgehead atoms. The Labute approximate surface area is 185 Å². The van der Waals surface area contributed by atoms with Crippen molar-refractivity contribution in [2.45, 2.75) is 51.3 Å². The van der Waals surface area contributed by atoms with Gasteiger partial charge in [0.05, 0.1) is 13.0 Å². The van der Waals surface area contributed by atoms with E-state index in [2.05, 4.69) is 5.32 Å². The number of ether oxygens (including phenoxy) is 1. The molecule has 1 N–H and O–H groups in total. The third kappa shape index (κ3) is 5.28. The third-order valence-corrected chi connectivity index (χ3v) is 7.60. The Morgan fingerprint density at radius 2 is 1.81 bits per heavy atom. The van der Waals surface area contributed by atoms with Gasteiger partial charge in [-0.2, -0.15) is 4.31 Å². The molecule has 0 aromatic heterocycles. The fourth-order valence-electron chi connectivity index (χ4n) is 4.06. The van der Waals surface area contributed by atoms with E-state index in [9.17, 15) is 13.2 Å². The fourth-order valence-corrected chi connectivity index (χ4v) is 5.77. The predicted molar refractivity (Wildman–Crippen MR) is 123 cm³/mol. The highest BCUT2D eigenvalue weighted by Gasteiger charge is 2.35. The summed E-state index contributed by atoms with van der Waals surface area (Å²) in [6.07, 6.45) is 1.29. The van der Waals surface area contributed by atoms with Gasteiger partial charge < -0.3 is 10.1 Å². The summed E-state index contributed by atoms with van der Waals surface area (Å²) in [5.41, 5.74) is 3.81. The Hall–Kier alpha value is -2.38. The van der Waals surface area contributed by atoms with Crippen LogP contribution in [0.25, 0.3) is 0 Å². The molecule has 1 aliphatic rings. The number of hydrogen-bond acceptors (Lipinski definition) is 4. The predicted octanol–water partition coefficient (Wildman–Crippen LogP) is 4.47. The second-order valence-corrected chi connectivity index (χ2v) is 10.5. The van der Waals surface area contributed by atoms with E-state index in [-0.39, 0.29) is 23.3 Å². The largest absolute Gasteiger partial charge is 0.495 e. The van der Waals surface area contributed by atoms with Crippen molar-refractivity contribution in [1.82, 2.24) is 4.31 Å². The van der Waals surface area contributed by atoms with E-state index in [1.807, 2.05) is 52.0 Å². The van der Waals surface area contributed by atoms with Crippen LogP contribution in [0.3, 0.4) is 0 Å². The summed E-state index contributed by atoms with van der Waals surface area (Å²) in [6, 6.07) is 11.2. The molecule has 1 atom stereocenters. The van der Waals surface area contributed by atoms with Crippen molar-refractivity contribution in [3.8, 4) is 5.75 Å². The van der Waals surface area contributed by atoms with Gasteiger partial charge in [-0.3, -0.25) is 4.79 Å². The van der Waals surface area contributed by atoms with Crippen molar-refractivity contribution < 1.29 is 17.9 Å². The van der Waals surface area contributed by atoms with Gasteiger partial charge in [0.2, 0.25) is 15.9 Å². The van der Waals surface area contributed by atoms with Crippen molar-refractivity contribution in [3.63, 3.8) is 0 Å². The number of nitrogens with zero attached hydrogens (tertiary/aromatic N) is 1. The lowest BCUT2D eigenvalue weighted by Crippen LogP contribution is -2.43. The van der Waals surface area contributed by atoms with Crippen LogP contribution >= 0.6 is 0 Å². The monoisotopic (exact) mass is 444 g/mol. The van der Waals surface area contributed by atoms with E-state index in [1.54, 1.807) is 12.1 Å². The summed E-state index contributed by atoms with van der Waals surface area (Å²) in [4.78, 5) is 13.1. The van der Waals surface area contributed by atoms with Gasteiger partial charge in [-0.25, -0.2) is 8.42 Å². The SMILES string of the molecule is COc1ccc(C(C)C)cc1S(=O)(=O)N1CCC[C@@H](C(=O)Nc2cc(C)cc(C)c2)C1. The molecule has 1 saturated heterocycles. The number of piperidine rings is 1. The fraction of sp³-hybridized carbons (Fsp3) is 0.458. The number of aryl methyl sites for hydroxylation is 2. The molecule has 0 radical (unpaired) electrons. The topological polar surface area (TPSA) is 75.7 Å². The summed E-state index contributed by atoms with van der Waals surface area (Å²) in [7, 11) is -2.31. The molecule has 3 rings (SSSR count). The average Bonchev–Trinajstić information content (AvgIpc) is 2.72. The number of nitrogens with one attached hydrogen (secondary N) is 1. The van der Waals surface area contributed by atoms with Crippen molar-refractivity contribution >= 4 is 21.6 Å². The molecule has 0 unspecified atom stereocenters. The first-order valence-electron chi connectivity index (χ1n) is 10.7. The van der Waals surface area contributed by atoms with Crippen LogP contribution in [0.4, 0.5) is 5.69 Å². The van der Waals surface area contributed by atoms with Crippen LogP contribution in [0.2, 0.25) is 0 Å². The van der Waals surface area contributed by atoms with E-state index < -0.39 is 15.9 Å². The summed E-state index contributed by atoms with van der Waals surface area (Å²) in [5.74, 6) is -0.0276. The minimum atomic E-state index is -3.79. The molecule has 1 aliphatic heterocycles. The molecule has 1 amide bonds. The summed E-state index contributed by atoms with van der Waals surface area (Å²) in [5, 5.41) is 2.97. The summed E-state index contributed by atoms with van der Waals surface area (Å²) >= 11 is 0. The highest BCUT2D eigenvalue weighted by molar-refractivity contribution is 7.89. The highest BCUT2D eigenvalue weighted by atomic mass is 32.2. The quantitative estimate of drug-likeness (QED) is 0.713. The van der Waals surface area contributed by atoms with Gasteiger partial charge in [-0.15, -0.1) is 0 Å². The average molecular weight is 445 g/mol. The molecule has 0 saturated carbocycles. The summed E-state index contributed by atoms with van der Waals surface area (Å²) < 4.78 is 33.7. The zero-order valence-corrected chi connectivity index (χ0v) is 19.8. The zero-order valence-electron chi connectivity index (χ0n) is 18.9. The van der Waals surface area contributed by atoms with Gasteiger partial charge in [0.25, 0.3) is 0 Å². The van der Waals surface area contributed by atoms with Crippen molar-refractivity contribution in [2.24, 2.45) is 5.92 Å². The molecule has 0 spiro atoms. The van der Waals surface area contributed by atoms with Crippen molar-refractivity contribution in [1.29, 1.82) is 0 Å². The number of benzene rings is 2. The number of carbonyl (C=O) groups is 1. The van der Waals surface area contributed by atoms with Gasteiger partial charge >= 0.3 is 0 Å². The molecular weight excluding hydrogens is 412 g/mol. The minimum Gasteiger partial charge on any atom is -0.495 e. The normalized spacial score (nSPS) is 17.5. The zero-order chi connectivity index (χ0) is 22.8. The van der Waals surface area contributed by atoms with Crippen LogP contribution in [0.1, 0.15) is 49.3 Å². The second-order valence-electron chi connectivity index (χ2n) is 8.63. The maximum atomic E-state index is 13.5. The molecule has 2 aromatic carbocycles. The van der Waals surface area contributed by atoms with Gasteiger partial charge in [-0.05, 0) is 73.6 Å². The number of anilines is 1. The highest BCUT2D eigenvalue weighted by Crippen LogP contribution is 2.32. The number of sulfonamides is 1. The molecular formula is C24H32N2O4S. The van der Waals surface area contributed by atoms with Gasteiger partial charge in [0, 0.05) is 18.8 Å². The van der Waals surface area contributed by atoms with Crippen LogP contribution in [0.5, 0.6) is 5.75 Å². The van der Waals surface area contributed by atoms with E-state index in [0.717, 1.165) is 22.4 Å². The first-order valence-corrected chi connectivity index (χ1v) is 12.1. The smallest absolute Gasteiger partial charge is 0.246 e. The molecule has 168 valence electrons. The number of hydrogen-bond donors (Lipinski definition) is 1. The Kier molecular flexibility index (Phi) is 7.06. The number of amides is 1. The van der Waals surface area contributed by atoms with E-state index >= 15 is 0 Å². The molecule has 1 heterocycles. The molecule has 1 fully saturated rings. The van der Waals surface area contributed by atoms with E-state index in [4.69, 9.17) is 4.74 Å². The lowest BCUT2D eigenvalue weighted by atomic mass is 9.98. The van der Waals surface area contributed by atoms with Crippen LogP contribution < -0.4 is 10.1 Å². The maximum absolute atomic E-state index is 13.5. The van der Waals surface area contributed by atoms with Crippen LogP contribution in [-0.2, 0) is 14.8 Å². The lowest BCUT2D eigenvalue weighted by Gasteiger charge is -2.31. The van der Waals surface area contributed by atoms with Crippen molar-refractivity contribution in [2.75, 3.05) is 25.5 Å². The van der Waals surface area contributed by atoms with Crippen LogP contribution in [0, 0.1) is 19.8 Å².